The van der Waals surface area contributed by atoms with Crippen LogP contribution >= 0.6 is 0 Å². The number of hydrogen-bond donors (Lipinski definition) is 0. The van der Waals surface area contributed by atoms with Gasteiger partial charge in [-0.1, -0.05) is 0 Å². The first-order chi connectivity index (χ1) is 1.00. The molecule has 0 aromatic carbocycles. The van der Waals surface area contributed by atoms with Crippen LogP contribution in [0, 0.1) is 0 Å². The molecule has 0 aliphatic heterocycles. The van der Waals surface area contributed by atoms with Gasteiger partial charge in [0, 0.05) is 33.3 Å². The van der Waals surface area contributed by atoms with E-state index in [0.29, 0.717) is 0 Å². The van der Waals surface area contributed by atoms with Crippen LogP contribution in [0.2, 0.25) is 0 Å². The van der Waals surface area contributed by atoms with Crippen LogP contribution in [0.4, 0.5) is 0 Å². The standard InChI is InChI=1S/Co.Cr.Ni.O. The fourth-order valence-corrected chi connectivity index (χ4v) is 0. The van der Waals surface area contributed by atoms with Crippen LogP contribution in [-0.4, -0.2) is 0 Å². The van der Waals surface area contributed by atoms with Crippen molar-refractivity contribution in [3.05, 3.63) is 0 Å². The van der Waals surface area contributed by atoms with Crippen molar-refractivity contribution in [2.45, 2.75) is 0 Å². The molecule has 0 amide bonds. The average molecular weight is 186 g/mol. The number of rotatable bonds is 0. The Morgan fingerprint density at radius 2 is 1.25 bits per heavy atom. The Morgan fingerprint density at radius 3 is 1.25 bits per heavy atom. The third-order valence-electron chi connectivity index (χ3n) is 0. The quantitative estimate of drug-likeness (QED) is 0.481. The molecule has 0 spiro atoms. The Labute approximate surface area is 53.3 Å². The summed E-state index contributed by atoms with van der Waals surface area (Å²) in [4.78, 5) is 0. The minimum absolute atomic E-state index is 0. The van der Waals surface area contributed by atoms with Crippen LogP contribution in [0.25, 0.3) is 0 Å². The van der Waals surface area contributed by atoms with Crippen molar-refractivity contribution in [1.82, 2.24) is 0 Å². The Hall–Kier alpha value is 1.33. The Kier molecular flexibility index (Phi) is 125. The maximum absolute atomic E-state index is 8.12. The van der Waals surface area contributed by atoms with Crippen molar-refractivity contribution < 1.29 is 53.3 Å². The second kappa shape index (κ2) is 27.1. The van der Waals surface area contributed by atoms with Gasteiger partial charge >= 0.3 is 20.0 Å². The second-order valence-electron chi connectivity index (χ2n) is 0. The van der Waals surface area contributed by atoms with E-state index >= 15 is 0 Å². The predicted octanol–water partition coefficient (Wildman–Crippen LogP) is -0.126. The molecular formula is CoCrNiO. The maximum atomic E-state index is 8.12. The first-order valence-electron chi connectivity index (χ1n) is 0.167. The summed E-state index contributed by atoms with van der Waals surface area (Å²) in [6, 6.07) is 0. The van der Waals surface area contributed by atoms with Gasteiger partial charge in [-0.25, -0.2) is 0 Å². The summed E-state index contributed by atoms with van der Waals surface area (Å²) in [5, 5.41) is 0. The Balaban J connectivity index is -0.00000000500. The molecule has 0 fully saturated rings. The summed E-state index contributed by atoms with van der Waals surface area (Å²) in [6.07, 6.45) is 0. The van der Waals surface area contributed by atoms with Gasteiger partial charge < -0.3 is 0 Å². The molecule has 0 N–H and O–H groups in total. The topological polar surface area (TPSA) is 17.1 Å². The van der Waals surface area contributed by atoms with Crippen molar-refractivity contribution in [1.29, 1.82) is 0 Å². The molecule has 4 heteroatoms. The molecule has 1 nitrogen and oxygen atoms in total. The van der Waals surface area contributed by atoms with Crippen molar-refractivity contribution in [2.24, 2.45) is 0 Å². The minimum atomic E-state index is 0. The molecule has 0 saturated carbocycles. The monoisotopic (exact) mass is 185 g/mol. The molecule has 0 aromatic rings. The molecule has 0 rings (SSSR count). The van der Waals surface area contributed by atoms with Crippen LogP contribution in [0.1, 0.15) is 0 Å². The van der Waals surface area contributed by atoms with Gasteiger partial charge in [-0.3, -0.25) is 0 Å². The summed E-state index contributed by atoms with van der Waals surface area (Å²) in [6.45, 7) is 0. The molecular weight excluding hydrogens is 186 g/mol. The first-order valence-corrected chi connectivity index (χ1v) is 0.687. The van der Waals surface area contributed by atoms with Crippen LogP contribution in [-0.2, 0) is 53.3 Å². The van der Waals surface area contributed by atoms with Gasteiger partial charge in [-0.2, -0.15) is 0 Å². The second-order valence-corrected chi connectivity index (χ2v) is 0. The van der Waals surface area contributed by atoms with Crippen LogP contribution < -0.4 is 0 Å². The van der Waals surface area contributed by atoms with Gasteiger partial charge in [-0.15, -0.1) is 0 Å². The van der Waals surface area contributed by atoms with Crippen molar-refractivity contribution in [2.75, 3.05) is 0 Å². The summed E-state index contributed by atoms with van der Waals surface area (Å²) in [5.74, 6) is 0. The predicted molar refractivity (Wildman–Crippen MR) is 0.686 cm³/mol. The fraction of sp³-hybridized carbons (Fsp3) is 0. The third-order valence-corrected chi connectivity index (χ3v) is 0. The van der Waals surface area contributed by atoms with Gasteiger partial charge in [0.05, 0.1) is 0 Å². The zero-order chi connectivity index (χ0) is 2.00. The van der Waals surface area contributed by atoms with Crippen molar-refractivity contribution in [3.63, 3.8) is 0 Å². The summed E-state index contributed by atoms with van der Waals surface area (Å²) >= 11 is 1.38. The van der Waals surface area contributed by atoms with Gasteiger partial charge in [0.15, 0.2) is 0 Å². The molecule has 0 aliphatic rings. The number of hydrogen-bond acceptors (Lipinski definition) is 1. The molecule has 31 valence electrons. The summed E-state index contributed by atoms with van der Waals surface area (Å²) < 4.78 is 8.12. The van der Waals surface area contributed by atoms with E-state index in [9.17, 15) is 0 Å². The van der Waals surface area contributed by atoms with Gasteiger partial charge in [0.2, 0.25) is 0 Å². The van der Waals surface area contributed by atoms with E-state index in [1.54, 1.807) is 0 Å². The van der Waals surface area contributed by atoms with E-state index in [-0.39, 0.29) is 33.3 Å². The Morgan fingerprint density at radius 1 is 1.25 bits per heavy atom. The molecule has 0 saturated heterocycles. The molecule has 0 atom stereocenters. The van der Waals surface area contributed by atoms with Gasteiger partial charge in [0.1, 0.15) is 0 Å². The van der Waals surface area contributed by atoms with E-state index in [2.05, 4.69) is 0 Å². The normalized spacial score (nSPS) is 1.00. The van der Waals surface area contributed by atoms with Crippen LogP contribution in [0.5, 0.6) is 0 Å². The van der Waals surface area contributed by atoms with Crippen molar-refractivity contribution in [3.8, 4) is 0 Å². The molecule has 0 aliphatic carbocycles. The zero-order valence-corrected chi connectivity index (χ0v) is 4.77. The summed E-state index contributed by atoms with van der Waals surface area (Å²) in [5.41, 5.74) is 0. The third kappa shape index (κ3) is 10.2. The van der Waals surface area contributed by atoms with Gasteiger partial charge in [0.25, 0.3) is 0 Å². The van der Waals surface area contributed by atoms with Gasteiger partial charge in [-0.05, 0) is 0 Å². The van der Waals surface area contributed by atoms with E-state index in [0.717, 1.165) is 0 Å². The van der Waals surface area contributed by atoms with E-state index < -0.39 is 0 Å². The average Bonchev–Trinajstić information content (AvgIpc) is 1.00. The van der Waals surface area contributed by atoms with Crippen LogP contribution in [0.3, 0.4) is 0 Å². The van der Waals surface area contributed by atoms with E-state index in [1.807, 2.05) is 0 Å². The molecule has 0 bridgehead atoms. The van der Waals surface area contributed by atoms with Crippen molar-refractivity contribution >= 4 is 0 Å². The molecule has 0 heterocycles. The molecule has 0 unspecified atom stereocenters. The fourth-order valence-electron chi connectivity index (χ4n) is 0. The first kappa shape index (κ1) is 18.4. The summed E-state index contributed by atoms with van der Waals surface area (Å²) in [7, 11) is 0. The SMILES string of the molecule is [Co].[Ni].[O]=[Cr]. The van der Waals surface area contributed by atoms with E-state index in [4.69, 9.17) is 3.80 Å². The molecule has 0 aromatic heterocycles. The van der Waals surface area contributed by atoms with E-state index in [1.165, 1.54) is 16.2 Å². The molecule has 1 radical (unpaired) electrons. The Bertz CT molecular complexity index is 8.00. The molecule has 4 heavy (non-hydrogen) atoms. The van der Waals surface area contributed by atoms with Crippen LogP contribution in [0.15, 0.2) is 0 Å². The zero-order valence-electron chi connectivity index (χ0n) is 1.47.